The molecule has 2 aromatic carbocycles. The Hall–Kier alpha value is -5.60. The van der Waals surface area contributed by atoms with Crippen LogP contribution in [0, 0.1) is 0 Å². The summed E-state index contributed by atoms with van der Waals surface area (Å²) in [6.45, 7) is 10.8. The number of carboxylic acids is 2. The Labute approximate surface area is 307 Å². The van der Waals surface area contributed by atoms with Gasteiger partial charge < -0.3 is 40.6 Å². The number of aldehydes is 2. The first kappa shape index (κ1) is 49.8. The van der Waals surface area contributed by atoms with Crippen molar-refractivity contribution in [2.24, 2.45) is 0 Å². The van der Waals surface area contributed by atoms with Crippen LogP contribution in [0.15, 0.2) is 97.6 Å². The topological polar surface area (TPSA) is 247 Å². The molecule has 1 radical (unpaired) electrons. The van der Waals surface area contributed by atoms with Gasteiger partial charge in [-0.1, -0.05) is 48.5 Å². The molecule has 0 unspecified atom stereocenters. The van der Waals surface area contributed by atoms with Gasteiger partial charge in [-0.15, -0.1) is 0 Å². The molecule has 2 amide bonds. The molecule has 6 N–H and O–H groups in total. The fourth-order valence-electron chi connectivity index (χ4n) is 3.76. The standard InChI is InChI=1S/2C10H14N2O.2C8H6O3.Mn.2H2O/c2*1-3-12(4-2)10(13)9-6-5-7-11-8-9;2*9-5-6-1-3-7(4-2-6)8(10)11;;;/h2*5-8H,3-4H2,1-2H3;2*1-5H,(H,10,11);;2*1H2/q;;;;+2;;. The van der Waals surface area contributed by atoms with Crippen molar-refractivity contribution in [1.82, 2.24) is 19.8 Å². The van der Waals surface area contributed by atoms with Crippen molar-refractivity contribution in [2.75, 3.05) is 26.2 Å². The molecule has 2 heterocycles. The molecule has 14 nitrogen and oxygen atoms in total. The molecule has 0 bridgehead atoms. The molecule has 0 aliphatic rings. The van der Waals surface area contributed by atoms with Crippen molar-refractivity contribution < 1.29 is 67.0 Å². The molecule has 2 aromatic heterocycles. The van der Waals surface area contributed by atoms with E-state index in [9.17, 15) is 39.0 Å². The summed E-state index contributed by atoms with van der Waals surface area (Å²) in [6, 6.07) is 18.2. The van der Waals surface area contributed by atoms with E-state index in [-0.39, 0.29) is 51.0 Å². The third-order valence-electron chi connectivity index (χ3n) is 6.48. The summed E-state index contributed by atoms with van der Waals surface area (Å²) in [5, 5.41) is 20.4. The molecule has 0 spiro atoms. The molecule has 15 heteroatoms. The van der Waals surface area contributed by atoms with Crippen LogP contribution in [-0.4, -0.2) is 82.3 Å². The van der Waals surface area contributed by atoms with Crippen molar-refractivity contribution in [3.05, 3.63) is 131 Å². The van der Waals surface area contributed by atoms with E-state index in [0.717, 1.165) is 26.2 Å². The van der Waals surface area contributed by atoms with Gasteiger partial charge in [0, 0.05) is 62.1 Å². The SMILES string of the molecule is CCN(CC)C(=O)c1cccnc1.CCN(CC)C(=O)c1cccnc1.O=Cc1ccc(C(=O)[O-])cc1.O=Cc1ccc(C(=O)[O-])cc1.[Mn+2].[OH3+].[OH3+]. The van der Waals surface area contributed by atoms with Gasteiger partial charge in [-0.3, -0.25) is 29.1 Å². The van der Waals surface area contributed by atoms with E-state index in [1.165, 1.54) is 48.5 Å². The van der Waals surface area contributed by atoms with Gasteiger partial charge in [0.15, 0.2) is 0 Å². The van der Waals surface area contributed by atoms with Gasteiger partial charge in [-0.05, 0) is 63.1 Å². The number of carbonyl (C=O) groups is 6. The van der Waals surface area contributed by atoms with Gasteiger partial charge in [0.25, 0.3) is 11.8 Å². The number of benzene rings is 2. The van der Waals surface area contributed by atoms with E-state index < -0.39 is 11.9 Å². The normalized spacial score (nSPS) is 8.86. The van der Waals surface area contributed by atoms with Crippen molar-refractivity contribution in [2.45, 2.75) is 27.7 Å². The summed E-state index contributed by atoms with van der Waals surface area (Å²) < 4.78 is 0. The smallest absolute Gasteiger partial charge is 0.545 e. The van der Waals surface area contributed by atoms with E-state index in [4.69, 9.17) is 0 Å². The number of hydrogen-bond donors (Lipinski definition) is 0. The Morgan fingerprint density at radius 1 is 0.549 bits per heavy atom. The second-order valence-corrected chi connectivity index (χ2v) is 9.49. The largest absolute Gasteiger partial charge is 2.00 e. The summed E-state index contributed by atoms with van der Waals surface area (Å²) in [5.74, 6) is -2.36. The zero-order chi connectivity index (χ0) is 35.9. The molecule has 273 valence electrons. The summed E-state index contributed by atoms with van der Waals surface area (Å²) in [6.07, 6.45) is 7.83. The third-order valence-corrected chi connectivity index (χ3v) is 6.48. The van der Waals surface area contributed by atoms with E-state index in [2.05, 4.69) is 9.97 Å². The Morgan fingerprint density at radius 2 is 0.843 bits per heavy atom. The summed E-state index contributed by atoms with van der Waals surface area (Å²) in [4.78, 5) is 75.4. The average molecular weight is 748 g/mol. The van der Waals surface area contributed by atoms with Crippen molar-refractivity contribution in [3.8, 4) is 0 Å². The minimum absolute atomic E-state index is 0. The maximum Gasteiger partial charge on any atom is 2.00 e. The van der Waals surface area contributed by atoms with Gasteiger partial charge in [0.05, 0.1) is 23.1 Å². The summed E-state index contributed by atoms with van der Waals surface area (Å²) in [7, 11) is 0. The van der Waals surface area contributed by atoms with E-state index >= 15 is 0 Å². The van der Waals surface area contributed by atoms with Gasteiger partial charge in [0.2, 0.25) is 0 Å². The first-order valence-corrected chi connectivity index (χ1v) is 15.0. The maximum absolute atomic E-state index is 11.7. The molecule has 0 fully saturated rings. The number of pyridine rings is 2. The fraction of sp³-hybridized carbons (Fsp3) is 0.222. The molecule has 0 saturated heterocycles. The predicted molar refractivity (Wildman–Crippen MR) is 185 cm³/mol. The third kappa shape index (κ3) is 18.1. The van der Waals surface area contributed by atoms with Crippen LogP contribution < -0.4 is 10.2 Å². The number of carbonyl (C=O) groups excluding carboxylic acids is 6. The van der Waals surface area contributed by atoms with Gasteiger partial charge >= 0.3 is 17.1 Å². The van der Waals surface area contributed by atoms with Gasteiger partial charge in [0.1, 0.15) is 12.6 Å². The molecular weight excluding hydrogens is 703 g/mol. The summed E-state index contributed by atoms with van der Waals surface area (Å²) in [5.41, 5.74) is 2.38. The Kier molecular flexibility index (Phi) is 27.6. The maximum atomic E-state index is 11.7. The molecule has 51 heavy (non-hydrogen) atoms. The zero-order valence-corrected chi connectivity index (χ0v) is 30.0. The monoisotopic (exact) mass is 747 g/mol. The van der Waals surface area contributed by atoms with Gasteiger partial charge in [-0.2, -0.15) is 0 Å². The minimum Gasteiger partial charge on any atom is -0.545 e. The van der Waals surface area contributed by atoms with Crippen LogP contribution in [0.25, 0.3) is 0 Å². The average Bonchev–Trinajstić information content (AvgIpc) is 3.14. The molecule has 0 aliphatic heterocycles. The molecule has 0 aliphatic carbocycles. The van der Waals surface area contributed by atoms with Gasteiger partial charge in [-0.25, -0.2) is 0 Å². The first-order valence-electron chi connectivity index (χ1n) is 15.0. The quantitative estimate of drug-likeness (QED) is 0.127. The van der Waals surface area contributed by atoms with E-state index in [1.807, 2.05) is 27.7 Å². The predicted octanol–water partition coefficient (Wildman–Crippen LogP) is 1.01. The van der Waals surface area contributed by atoms with E-state index in [0.29, 0.717) is 34.8 Å². The van der Waals surface area contributed by atoms with Crippen LogP contribution in [0.4, 0.5) is 0 Å². The van der Waals surface area contributed by atoms with Crippen LogP contribution in [0.5, 0.6) is 0 Å². The molecule has 4 aromatic rings. The van der Waals surface area contributed by atoms with E-state index in [1.54, 1.807) is 58.9 Å². The molecule has 0 atom stereocenters. The number of hydrogen-bond acceptors (Lipinski definition) is 10. The van der Waals surface area contributed by atoms with Crippen LogP contribution in [0.3, 0.4) is 0 Å². The van der Waals surface area contributed by atoms with Crippen LogP contribution in [0.1, 0.15) is 89.8 Å². The van der Waals surface area contributed by atoms with Crippen LogP contribution in [-0.2, 0) is 28.0 Å². The van der Waals surface area contributed by atoms with Crippen molar-refractivity contribution in [3.63, 3.8) is 0 Å². The number of rotatable bonds is 10. The Bertz CT molecular complexity index is 1460. The van der Waals surface area contributed by atoms with Crippen LogP contribution >= 0.6 is 0 Å². The number of carboxylic acid groups (broad SMARTS) is 2. The van der Waals surface area contributed by atoms with Crippen molar-refractivity contribution in [1.29, 1.82) is 0 Å². The summed E-state index contributed by atoms with van der Waals surface area (Å²) >= 11 is 0. The first-order chi connectivity index (χ1) is 23.1. The second kappa shape index (κ2) is 28.3. The molecule has 0 saturated carbocycles. The van der Waals surface area contributed by atoms with Crippen LogP contribution in [0.2, 0.25) is 0 Å². The second-order valence-electron chi connectivity index (χ2n) is 9.49. The molecule has 4 rings (SSSR count). The number of aromatic nitrogens is 2. The minimum atomic E-state index is -1.23. The molecular formula is C36H44MnN4O10+2. The Morgan fingerprint density at radius 3 is 1.04 bits per heavy atom. The Balaban J connectivity index is -0.000000592. The number of nitrogens with zero attached hydrogens (tertiary/aromatic N) is 4. The van der Waals surface area contributed by atoms with Crippen molar-refractivity contribution >= 4 is 36.3 Å². The number of aromatic carboxylic acids is 2. The zero-order valence-electron chi connectivity index (χ0n) is 28.8. The fourth-order valence-corrected chi connectivity index (χ4v) is 3.76. The number of amides is 2.